The van der Waals surface area contributed by atoms with Crippen molar-refractivity contribution in [2.24, 2.45) is 0 Å². The zero-order valence-corrected chi connectivity index (χ0v) is 11.4. The number of hydrogen-bond donors (Lipinski definition) is 1. The summed E-state index contributed by atoms with van der Waals surface area (Å²) in [6.07, 6.45) is 1.82. The number of nitrogens with two attached hydrogens (primary N) is 1. The van der Waals surface area contributed by atoms with Gasteiger partial charge in [0, 0.05) is 12.2 Å². The number of anilines is 3. The fourth-order valence-corrected chi connectivity index (χ4v) is 2.12. The number of nitrogen functional groups attached to an aromatic ring is 1. The van der Waals surface area contributed by atoms with Crippen LogP contribution in [-0.4, -0.2) is 6.54 Å². The maximum Gasteiger partial charge on any atom is 0.184 e. The smallest absolute Gasteiger partial charge is 0.184 e. The third-order valence-electron chi connectivity index (χ3n) is 3.17. The summed E-state index contributed by atoms with van der Waals surface area (Å²) in [6.45, 7) is 2.64. The van der Waals surface area contributed by atoms with Crippen molar-refractivity contribution in [1.29, 1.82) is 0 Å². The molecule has 2 N–H and O–H groups in total. The first-order valence-corrected chi connectivity index (χ1v) is 6.71. The lowest BCUT2D eigenvalue weighted by Crippen LogP contribution is -2.21. The molecule has 0 heterocycles. The molecule has 0 fully saturated rings. The summed E-state index contributed by atoms with van der Waals surface area (Å²) in [7, 11) is 0. The first-order chi connectivity index (χ1) is 9.65. The molecule has 0 spiro atoms. The molecule has 0 saturated carbocycles. The first-order valence-electron chi connectivity index (χ1n) is 6.71. The van der Waals surface area contributed by atoms with Gasteiger partial charge in [-0.2, -0.15) is 0 Å². The molecule has 0 aromatic heterocycles. The van der Waals surface area contributed by atoms with Crippen LogP contribution in [0.3, 0.4) is 0 Å². The number of para-hydroxylation sites is 1. The van der Waals surface area contributed by atoms with Gasteiger partial charge in [0.15, 0.2) is 11.6 Å². The number of halogens is 2. The second-order valence-electron chi connectivity index (χ2n) is 4.64. The van der Waals surface area contributed by atoms with E-state index in [1.165, 1.54) is 6.07 Å². The van der Waals surface area contributed by atoms with E-state index < -0.39 is 11.6 Å². The van der Waals surface area contributed by atoms with Gasteiger partial charge in [0.1, 0.15) is 5.69 Å². The highest BCUT2D eigenvalue weighted by Gasteiger charge is 2.19. The van der Waals surface area contributed by atoms with E-state index in [0.717, 1.165) is 24.6 Å². The lowest BCUT2D eigenvalue weighted by Gasteiger charge is -2.26. The van der Waals surface area contributed by atoms with Gasteiger partial charge in [-0.3, -0.25) is 0 Å². The molecule has 0 bridgehead atoms. The minimum Gasteiger partial charge on any atom is -0.397 e. The number of rotatable bonds is 5. The second kappa shape index (κ2) is 6.37. The molecule has 0 amide bonds. The maximum absolute atomic E-state index is 14.1. The van der Waals surface area contributed by atoms with Crippen molar-refractivity contribution in [1.82, 2.24) is 0 Å². The average molecular weight is 276 g/mol. The molecule has 0 aliphatic carbocycles. The lowest BCUT2D eigenvalue weighted by molar-refractivity contribution is 0.508. The Kier molecular flexibility index (Phi) is 4.56. The third-order valence-corrected chi connectivity index (χ3v) is 3.17. The third kappa shape index (κ3) is 2.90. The van der Waals surface area contributed by atoms with E-state index in [-0.39, 0.29) is 11.4 Å². The van der Waals surface area contributed by atoms with E-state index in [2.05, 4.69) is 6.92 Å². The summed E-state index contributed by atoms with van der Waals surface area (Å²) < 4.78 is 27.6. The molecule has 0 radical (unpaired) electrons. The van der Waals surface area contributed by atoms with Gasteiger partial charge in [-0.15, -0.1) is 0 Å². The Morgan fingerprint density at radius 2 is 1.75 bits per heavy atom. The molecule has 0 unspecified atom stereocenters. The number of benzene rings is 2. The molecule has 4 heteroatoms. The highest BCUT2D eigenvalue weighted by Crippen LogP contribution is 2.34. The average Bonchev–Trinajstić information content (AvgIpc) is 2.47. The van der Waals surface area contributed by atoms with Crippen LogP contribution < -0.4 is 10.6 Å². The standard InChI is InChI=1S/C16H18F2N2/c1-2-3-11-20(12-7-5-4-6-8-12)16-14(19)10-9-13(17)15(16)18/h4-10H,2-3,11,19H2,1H3. The summed E-state index contributed by atoms with van der Waals surface area (Å²) in [5, 5.41) is 0. The van der Waals surface area contributed by atoms with Crippen LogP contribution in [0.5, 0.6) is 0 Å². The first kappa shape index (κ1) is 14.3. The van der Waals surface area contributed by atoms with Crippen LogP contribution in [0.2, 0.25) is 0 Å². The molecule has 20 heavy (non-hydrogen) atoms. The summed E-state index contributed by atoms with van der Waals surface area (Å²) in [5.74, 6) is -1.78. The molecule has 2 aromatic rings. The van der Waals surface area contributed by atoms with Crippen LogP contribution in [0, 0.1) is 11.6 Å². The Hall–Kier alpha value is -2.10. The van der Waals surface area contributed by atoms with Gasteiger partial charge in [-0.25, -0.2) is 8.78 Å². The van der Waals surface area contributed by atoms with Crippen molar-refractivity contribution >= 4 is 17.1 Å². The van der Waals surface area contributed by atoms with Gasteiger partial charge in [0.25, 0.3) is 0 Å². The Labute approximate surface area is 117 Å². The Morgan fingerprint density at radius 1 is 1.05 bits per heavy atom. The van der Waals surface area contributed by atoms with Gasteiger partial charge in [-0.1, -0.05) is 31.5 Å². The van der Waals surface area contributed by atoms with Crippen molar-refractivity contribution in [2.75, 3.05) is 17.2 Å². The Bertz CT molecular complexity index is 570. The van der Waals surface area contributed by atoms with Crippen molar-refractivity contribution in [2.45, 2.75) is 19.8 Å². The van der Waals surface area contributed by atoms with E-state index in [0.29, 0.717) is 6.54 Å². The van der Waals surface area contributed by atoms with Crippen LogP contribution in [0.25, 0.3) is 0 Å². The van der Waals surface area contributed by atoms with E-state index in [4.69, 9.17) is 5.73 Å². The molecule has 106 valence electrons. The normalized spacial score (nSPS) is 10.6. The highest BCUT2D eigenvalue weighted by molar-refractivity contribution is 5.75. The molecular formula is C16H18F2N2. The monoisotopic (exact) mass is 276 g/mol. The van der Waals surface area contributed by atoms with Gasteiger partial charge >= 0.3 is 0 Å². The quantitative estimate of drug-likeness (QED) is 0.815. The van der Waals surface area contributed by atoms with E-state index in [1.54, 1.807) is 4.90 Å². The van der Waals surface area contributed by atoms with Crippen LogP contribution in [0.1, 0.15) is 19.8 Å². The topological polar surface area (TPSA) is 29.3 Å². The van der Waals surface area contributed by atoms with Crippen molar-refractivity contribution in [3.63, 3.8) is 0 Å². The minimum absolute atomic E-state index is 0.115. The van der Waals surface area contributed by atoms with Gasteiger partial charge in [0.05, 0.1) is 5.69 Å². The largest absolute Gasteiger partial charge is 0.397 e. The summed E-state index contributed by atoms with van der Waals surface area (Å²) in [5.41, 5.74) is 7.01. The zero-order valence-electron chi connectivity index (χ0n) is 11.4. The molecule has 0 saturated heterocycles. The predicted molar refractivity (Wildman–Crippen MR) is 79.1 cm³/mol. The second-order valence-corrected chi connectivity index (χ2v) is 4.64. The van der Waals surface area contributed by atoms with Gasteiger partial charge in [-0.05, 0) is 30.7 Å². The Morgan fingerprint density at radius 3 is 2.40 bits per heavy atom. The van der Waals surface area contributed by atoms with Crippen molar-refractivity contribution in [3.05, 3.63) is 54.1 Å². The van der Waals surface area contributed by atoms with Gasteiger partial charge < -0.3 is 10.6 Å². The summed E-state index contributed by atoms with van der Waals surface area (Å²) >= 11 is 0. The number of hydrogen-bond acceptors (Lipinski definition) is 2. The molecule has 2 aromatic carbocycles. The van der Waals surface area contributed by atoms with E-state index >= 15 is 0 Å². The van der Waals surface area contributed by atoms with E-state index in [9.17, 15) is 8.78 Å². The minimum atomic E-state index is -0.898. The maximum atomic E-state index is 14.1. The van der Waals surface area contributed by atoms with E-state index in [1.807, 2.05) is 30.3 Å². The Balaban J connectivity index is 2.49. The molecule has 0 aliphatic heterocycles. The lowest BCUT2D eigenvalue weighted by atomic mass is 10.1. The van der Waals surface area contributed by atoms with Crippen molar-refractivity contribution in [3.8, 4) is 0 Å². The predicted octanol–water partition coefficient (Wildman–Crippen LogP) is 4.49. The molecular weight excluding hydrogens is 258 g/mol. The molecule has 2 rings (SSSR count). The summed E-state index contributed by atoms with van der Waals surface area (Å²) in [4.78, 5) is 1.73. The number of nitrogens with zero attached hydrogens (tertiary/aromatic N) is 1. The van der Waals surface area contributed by atoms with Crippen LogP contribution in [0.15, 0.2) is 42.5 Å². The fourth-order valence-electron chi connectivity index (χ4n) is 2.12. The molecule has 0 atom stereocenters. The molecule has 0 aliphatic rings. The summed E-state index contributed by atoms with van der Waals surface area (Å²) in [6, 6.07) is 11.8. The number of unbranched alkanes of at least 4 members (excludes halogenated alkanes) is 1. The van der Waals surface area contributed by atoms with Crippen LogP contribution >= 0.6 is 0 Å². The fraction of sp³-hybridized carbons (Fsp3) is 0.250. The highest BCUT2D eigenvalue weighted by atomic mass is 19.2. The zero-order chi connectivity index (χ0) is 14.5. The van der Waals surface area contributed by atoms with Gasteiger partial charge in [0.2, 0.25) is 0 Å². The molecule has 2 nitrogen and oxygen atoms in total. The van der Waals surface area contributed by atoms with Crippen LogP contribution in [0.4, 0.5) is 25.8 Å². The van der Waals surface area contributed by atoms with Crippen molar-refractivity contribution < 1.29 is 8.78 Å². The SMILES string of the molecule is CCCCN(c1ccccc1)c1c(N)ccc(F)c1F. The van der Waals surface area contributed by atoms with Crippen LogP contribution in [-0.2, 0) is 0 Å².